The van der Waals surface area contributed by atoms with Crippen LogP contribution < -0.4 is 15.0 Å². The first-order chi connectivity index (χ1) is 13.5. The van der Waals surface area contributed by atoms with E-state index in [1.807, 2.05) is 29.2 Å². The van der Waals surface area contributed by atoms with Gasteiger partial charge in [-0.15, -0.1) is 0 Å². The summed E-state index contributed by atoms with van der Waals surface area (Å²) in [6, 6.07) is 12.7. The topological polar surface area (TPSA) is 82.1 Å². The number of fused-ring (bicyclic) bond motifs is 1. The van der Waals surface area contributed by atoms with Crippen molar-refractivity contribution in [2.75, 3.05) is 38.8 Å². The number of hydrogen-bond donors (Lipinski definition) is 2. The van der Waals surface area contributed by atoms with Crippen LogP contribution in [0, 0.1) is 0 Å². The van der Waals surface area contributed by atoms with Gasteiger partial charge in [0.25, 0.3) is 5.91 Å². The van der Waals surface area contributed by atoms with Crippen molar-refractivity contribution in [2.24, 2.45) is 0 Å². The number of hydrogen-bond acceptors (Lipinski definition) is 5. The first-order valence-electron chi connectivity index (χ1n) is 8.84. The van der Waals surface area contributed by atoms with Gasteiger partial charge in [-0.1, -0.05) is 34.1 Å². The van der Waals surface area contributed by atoms with E-state index in [1.54, 1.807) is 37.2 Å². The van der Waals surface area contributed by atoms with E-state index in [4.69, 9.17) is 9.84 Å². The van der Waals surface area contributed by atoms with Gasteiger partial charge in [0.15, 0.2) is 0 Å². The van der Waals surface area contributed by atoms with Gasteiger partial charge in [-0.25, -0.2) is 0 Å². The molecule has 2 N–H and O–H groups in total. The number of nitrogens with zero attached hydrogens (tertiary/aromatic N) is 2. The summed E-state index contributed by atoms with van der Waals surface area (Å²) in [6.07, 6.45) is -0.471. The molecule has 1 heterocycles. The second-order valence-corrected chi connectivity index (χ2v) is 7.22. The minimum atomic E-state index is -0.471. The zero-order chi connectivity index (χ0) is 20.3. The molecule has 0 saturated heterocycles. The quantitative estimate of drug-likeness (QED) is 0.708. The third-order valence-corrected chi connectivity index (χ3v) is 5.32. The van der Waals surface area contributed by atoms with Gasteiger partial charge in [0, 0.05) is 24.1 Å². The summed E-state index contributed by atoms with van der Waals surface area (Å²) in [6.45, 7) is 0.227. The van der Waals surface area contributed by atoms with E-state index in [1.165, 1.54) is 0 Å². The Morgan fingerprint density at radius 1 is 1.29 bits per heavy atom. The van der Waals surface area contributed by atoms with Gasteiger partial charge in [-0.2, -0.15) is 0 Å². The average molecular weight is 448 g/mol. The molecule has 0 bridgehead atoms. The molecular formula is C20H22BrN3O4. The monoisotopic (exact) mass is 447 g/mol. The minimum absolute atomic E-state index is 0.0735. The number of halogens is 1. The van der Waals surface area contributed by atoms with Gasteiger partial charge in [0.05, 0.1) is 24.4 Å². The van der Waals surface area contributed by atoms with Crippen LogP contribution >= 0.6 is 15.9 Å². The van der Waals surface area contributed by atoms with Crippen LogP contribution in [0.4, 0.5) is 5.69 Å². The number of anilines is 1. The summed E-state index contributed by atoms with van der Waals surface area (Å²) >= 11 is 3.57. The van der Waals surface area contributed by atoms with Crippen molar-refractivity contribution in [3.05, 3.63) is 58.1 Å². The first-order valence-corrected chi connectivity index (χ1v) is 9.63. The van der Waals surface area contributed by atoms with Crippen molar-refractivity contribution in [3.63, 3.8) is 0 Å². The predicted molar refractivity (Wildman–Crippen MR) is 109 cm³/mol. The lowest BCUT2D eigenvalue weighted by molar-refractivity contribution is -0.119. The molecule has 7 nitrogen and oxygen atoms in total. The first kappa shape index (κ1) is 20.2. The molecule has 2 amide bonds. The molecule has 0 radical (unpaired) electrons. The third-order valence-electron chi connectivity index (χ3n) is 4.63. The van der Waals surface area contributed by atoms with Crippen LogP contribution in [0.3, 0.4) is 0 Å². The van der Waals surface area contributed by atoms with Crippen molar-refractivity contribution in [1.29, 1.82) is 0 Å². The molecule has 28 heavy (non-hydrogen) atoms. The summed E-state index contributed by atoms with van der Waals surface area (Å²) in [4.78, 5) is 28.7. The van der Waals surface area contributed by atoms with Crippen LogP contribution in [0.15, 0.2) is 46.9 Å². The fourth-order valence-corrected chi connectivity index (χ4v) is 3.86. The number of para-hydroxylation sites is 1. The lowest BCUT2D eigenvalue weighted by Gasteiger charge is -2.44. The zero-order valence-electron chi connectivity index (χ0n) is 15.7. The number of aliphatic hydroxyl groups is 1. The van der Waals surface area contributed by atoms with E-state index in [0.717, 1.165) is 10.0 Å². The maximum atomic E-state index is 13.0. The number of aliphatic hydroxyl groups excluding tert-OH is 1. The fourth-order valence-electron chi connectivity index (χ4n) is 3.30. The second-order valence-electron chi connectivity index (χ2n) is 6.36. The Morgan fingerprint density at radius 2 is 2.04 bits per heavy atom. The molecule has 3 rings (SSSR count). The van der Waals surface area contributed by atoms with E-state index in [9.17, 15) is 9.59 Å². The van der Waals surface area contributed by atoms with Crippen LogP contribution in [-0.4, -0.2) is 55.7 Å². The maximum Gasteiger partial charge on any atom is 0.257 e. The van der Waals surface area contributed by atoms with Gasteiger partial charge < -0.3 is 25.0 Å². The summed E-state index contributed by atoms with van der Waals surface area (Å²) in [5.74, 6) is 0.343. The molecule has 1 aliphatic rings. The standard InChI is InChI=1S/C20H22BrN3O4/c1-22-18(26)12-24-17-6-4-3-5-15(17)20(27)23(2)19(24)14-8-7-13(11-16(14)21)28-10-9-25/h3-8,11,19,25H,9-10,12H2,1-2H3,(H,22,26)/t19-/m0/s1. The molecule has 0 aliphatic carbocycles. The summed E-state index contributed by atoms with van der Waals surface area (Å²) in [5, 5.41) is 11.6. The average Bonchev–Trinajstić information content (AvgIpc) is 2.71. The van der Waals surface area contributed by atoms with Crippen LogP contribution in [0.1, 0.15) is 22.1 Å². The molecule has 0 unspecified atom stereocenters. The fraction of sp³-hybridized carbons (Fsp3) is 0.300. The number of carbonyl (C=O) groups excluding carboxylic acids is 2. The number of likely N-dealkylation sites (N-methyl/N-ethyl adjacent to an activating group) is 1. The van der Waals surface area contributed by atoms with Gasteiger partial charge in [-0.3, -0.25) is 9.59 Å². The number of nitrogens with one attached hydrogen (secondary N) is 1. The summed E-state index contributed by atoms with van der Waals surface area (Å²) < 4.78 is 6.20. The number of ether oxygens (including phenoxy) is 1. The van der Waals surface area contributed by atoms with Crippen molar-refractivity contribution >= 4 is 33.4 Å². The van der Waals surface area contributed by atoms with Crippen molar-refractivity contribution in [3.8, 4) is 5.75 Å². The van der Waals surface area contributed by atoms with E-state index < -0.39 is 6.17 Å². The molecule has 1 atom stereocenters. The largest absolute Gasteiger partial charge is 0.491 e. The van der Waals surface area contributed by atoms with Crippen LogP contribution in [0.2, 0.25) is 0 Å². The molecule has 0 fully saturated rings. The Bertz CT molecular complexity index is 890. The molecular weight excluding hydrogens is 426 g/mol. The second kappa shape index (κ2) is 8.62. The SMILES string of the molecule is CNC(=O)CN1c2ccccc2C(=O)N(C)[C@@H]1c1ccc(OCCO)cc1Br. The molecule has 148 valence electrons. The van der Waals surface area contributed by atoms with Crippen molar-refractivity contribution in [1.82, 2.24) is 10.2 Å². The normalized spacial score (nSPS) is 16.0. The highest BCUT2D eigenvalue weighted by Crippen LogP contribution is 2.40. The Hall–Kier alpha value is -2.58. The van der Waals surface area contributed by atoms with Gasteiger partial charge in [0.1, 0.15) is 18.5 Å². The molecule has 8 heteroatoms. The lowest BCUT2D eigenvalue weighted by atomic mass is 10.0. The maximum absolute atomic E-state index is 13.0. The molecule has 0 aromatic heterocycles. The van der Waals surface area contributed by atoms with E-state index >= 15 is 0 Å². The summed E-state index contributed by atoms with van der Waals surface area (Å²) in [7, 11) is 3.31. The van der Waals surface area contributed by atoms with Gasteiger partial charge in [0.2, 0.25) is 5.91 Å². The van der Waals surface area contributed by atoms with Gasteiger partial charge >= 0.3 is 0 Å². The number of benzene rings is 2. The molecule has 1 aliphatic heterocycles. The highest BCUT2D eigenvalue weighted by molar-refractivity contribution is 9.10. The van der Waals surface area contributed by atoms with E-state index in [0.29, 0.717) is 17.0 Å². The predicted octanol–water partition coefficient (Wildman–Crippen LogP) is 2.16. The minimum Gasteiger partial charge on any atom is -0.491 e. The Labute approximate surface area is 172 Å². The van der Waals surface area contributed by atoms with E-state index in [-0.39, 0.29) is 31.6 Å². The van der Waals surface area contributed by atoms with Crippen LogP contribution in [0.25, 0.3) is 0 Å². The van der Waals surface area contributed by atoms with Crippen LogP contribution in [-0.2, 0) is 4.79 Å². The number of amides is 2. The third kappa shape index (κ3) is 3.83. The Balaban J connectivity index is 2.06. The summed E-state index contributed by atoms with van der Waals surface area (Å²) in [5.41, 5.74) is 2.10. The molecule has 2 aromatic carbocycles. The van der Waals surface area contributed by atoms with Crippen LogP contribution in [0.5, 0.6) is 5.75 Å². The highest BCUT2D eigenvalue weighted by atomic mass is 79.9. The molecule has 2 aromatic rings. The zero-order valence-corrected chi connectivity index (χ0v) is 17.3. The van der Waals surface area contributed by atoms with Gasteiger partial charge in [-0.05, 0) is 24.3 Å². The smallest absolute Gasteiger partial charge is 0.257 e. The van der Waals surface area contributed by atoms with Crippen molar-refractivity contribution < 1.29 is 19.4 Å². The Kier molecular flexibility index (Phi) is 6.21. The van der Waals surface area contributed by atoms with Crippen molar-refractivity contribution in [2.45, 2.75) is 6.17 Å². The van der Waals surface area contributed by atoms with E-state index in [2.05, 4.69) is 21.2 Å². The highest BCUT2D eigenvalue weighted by Gasteiger charge is 2.38. The lowest BCUT2D eigenvalue weighted by Crippen LogP contribution is -2.50. The molecule has 0 spiro atoms. The Morgan fingerprint density at radius 3 is 2.71 bits per heavy atom. The number of carbonyl (C=O) groups is 2. The number of rotatable bonds is 6. The molecule has 0 saturated carbocycles.